The highest BCUT2D eigenvalue weighted by Crippen LogP contribution is 2.25. The first-order chi connectivity index (χ1) is 12.1. The summed E-state index contributed by atoms with van der Waals surface area (Å²) in [4.78, 5) is 23.0. The minimum atomic E-state index is 0.191. The quantitative estimate of drug-likeness (QED) is 0.852. The number of carbonyl (C=O) groups excluding carboxylic acids is 1. The van der Waals surface area contributed by atoms with E-state index in [0.717, 1.165) is 62.8 Å². The minimum absolute atomic E-state index is 0.191. The second-order valence-corrected chi connectivity index (χ2v) is 7.36. The molecule has 2 aliphatic rings. The molecule has 1 aromatic heterocycles. The number of likely N-dealkylation sites (tertiary alicyclic amines) is 1. The van der Waals surface area contributed by atoms with Crippen molar-refractivity contribution in [1.29, 1.82) is 0 Å². The molecule has 0 N–H and O–H groups in total. The van der Waals surface area contributed by atoms with Gasteiger partial charge in [-0.05, 0) is 18.1 Å². The molecule has 0 saturated carbocycles. The van der Waals surface area contributed by atoms with Gasteiger partial charge in [-0.15, -0.1) is 0 Å². The summed E-state index contributed by atoms with van der Waals surface area (Å²) in [5, 5.41) is 0. The van der Waals surface area contributed by atoms with E-state index in [-0.39, 0.29) is 5.91 Å². The lowest BCUT2D eigenvalue weighted by Crippen LogP contribution is -2.53. The Morgan fingerprint density at radius 2 is 1.96 bits per heavy atom. The largest absolute Gasteiger partial charge is 0.439 e. The van der Waals surface area contributed by atoms with Crippen LogP contribution in [0.4, 0.5) is 0 Å². The number of fused-ring (bicyclic) bond motifs is 1. The number of oxazole rings is 1. The van der Waals surface area contributed by atoms with Crippen LogP contribution in [-0.4, -0.2) is 70.9 Å². The normalized spacial score (nSPS) is 25.8. The standard InChI is InChI=1S/C19H26N4O2/c1-14-11-21(13-19-20-16-5-3-4-6-18(16)25-19)12-17(14)23-9-7-22(8-10-23)15(2)24/h3-6,14,17H,7-13H2,1-2H3/t14-,17+/m0/s1. The third kappa shape index (κ3) is 3.41. The molecule has 25 heavy (non-hydrogen) atoms. The van der Waals surface area contributed by atoms with Crippen molar-refractivity contribution in [3.05, 3.63) is 30.2 Å². The van der Waals surface area contributed by atoms with Crippen molar-refractivity contribution in [1.82, 2.24) is 19.7 Å². The number of piperazine rings is 1. The molecule has 1 amide bonds. The molecule has 6 heteroatoms. The third-order valence-electron chi connectivity index (χ3n) is 5.57. The Balaban J connectivity index is 1.37. The number of para-hydroxylation sites is 2. The number of hydrogen-bond acceptors (Lipinski definition) is 5. The highest BCUT2D eigenvalue weighted by Gasteiger charge is 2.35. The maximum atomic E-state index is 11.5. The molecule has 3 heterocycles. The molecule has 4 rings (SSSR count). The Bertz CT molecular complexity index is 718. The minimum Gasteiger partial charge on any atom is -0.439 e. The zero-order valence-electron chi connectivity index (χ0n) is 15.0. The molecule has 2 aromatic rings. The zero-order chi connectivity index (χ0) is 17.4. The second kappa shape index (κ2) is 6.77. The maximum Gasteiger partial charge on any atom is 0.219 e. The van der Waals surface area contributed by atoms with E-state index in [0.29, 0.717) is 12.0 Å². The van der Waals surface area contributed by atoms with Crippen molar-refractivity contribution < 1.29 is 9.21 Å². The second-order valence-electron chi connectivity index (χ2n) is 7.36. The van der Waals surface area contributed by atoms with E-state index in [4.69, 9.17) is 4.42 Å². The summed E-state index contributed by atoms with van der Waals surface area (Å²) >= 11 is 0. The van der Waals surface area contributed by atoms with E-state index in [1.165, 1.54) is 0 Å². The number of nitrogens with zero attached hydrogens (tertiary/aromatic N) is 4. The molecule has 134 valence electrons. The molecular weight excluding hydrogens is 316 g/mol. The van der Waals surface area contributed by atoms with E-state index >= 15 is 0 Å². The topological polar surface area (TPSA) is 52.8 Å². The van der Waals surface area contributed by atoms with Gasteiger partial charge in [-0.3, -0.25) is 14.6 Å². The molecule has 0 spiro atoms. The Labute approximate surface area is 148 Å². The zero-order valence-corrected chi connectivity index (χ0v) is 15.0. The first kappa shape index (κ1) is 16.5. The molecule has 6 nitrogen and oxygen atoms in total. The van der Waals surface area contributed by atoms with Crippen molar-refractivity contribution in [2.45, 2.75) is 26.4 Å². The summed E-state index contributed by atoms with van der Waals surface area (Å²) in [6.45, 7) is 10.5. The van der Waals surface area contributed by atoms with Gasteiger partial charge in [0.1, 0.15) is 5.52 Å². The van der Waals surface area contributed by atoms with Gasteiger partial charge in [-0.1, -0.05) is 19.1 Å². The van der Waals surface area contributed by atoms with Crippen LogP contribution in [0.1, 0.15) is 19.7 Å². The van der Waals surface area contributed by atoms with Gasteiger partial charge in [-0.25, -0.2) is 4.98 Å². The van der Waals surface area contributed by atoms with Gasteiger partial charge in [0.15, 0.2) is 5.58 Å². The Morgan fingerprint density at radius 3 is 2.68 bits per heavy atom. The fraction of sp³-hybridized carbons (Fsp3) is 0.579. The Morgan fingerprint density at radius 1 is 1.20 bits per heavy atom. The summed E-state index contributed by atoms with van der Waals surface area (Å²) in [5.74, 6) is 1.61. The van der Waals surface area contributed by atoms with Crippen LogP contribution in [0.15, 0.2) is 28.7 Å². The highest BCUT2D eigenvalue weighted by atomic mass is 16.3. The van der Waals surface area contributed by atoms with Gasteiger partial charge in [0.2, 0.25) is 11.8 Å². The monoisotopic (exact) mass is 342 g/mol. The van der Waals surface area contributed by atoms with E-state index in [9.17, 15) is 4.79 Å². The van der Waals surface area contributed by atoms with Crippen LogP contribution in [0, 0.1) is 5.92 Å². The molecule has 2 atom stereocenters. The molecule has 0 radical (unpaired) electrons. The summed E-state index contributed by atoms with van der Waals surface area (Å²) in [6.07, 6.45) is 0. The van der Waals surface area contributed by atoms with Crippen molar-refractivity contribution in [2.75, 3.05) is 39.3 Å². The Hall–Kier alpha value is -1.92. The third-order valence-corrected chi connectivity index (χ3v) is 5.57. The van der Waals surface area contributed by atoms with Crippen molar-refractivity contribution in [3.63, 3.8) is 0 Å². The van der Waals surface area contributed by atoms with Gasteiger partial charge in [0, 0.05) is 52.2 Å². The number of carbonyl (C=O) groups is 1. The molecule has 0 bridgehead atoms. The van der Waals surface area contributed by atoms with Crippen molar-refractivity contribution in [2.24, 2.45) is 5.92 Å². The molecular formula is C19H26N4O2. The predicted octanol–water partition coefficient (Wildman–Crippen LogP) is 1.81. The lowest BCUT2D eigenvalue weighted by atomic mass is 10.0. The summed E-state index contributed by atoms with van der Waals surface area (Å²) < 4.78 is 5.88. The first-order valence-electron chi connectivity index (χ1n) is 9.16. The van der Waals surface area contributed by atoms with E-state index < -0.39 is 0 Å². The molecule has 1 aromatic carbocycles. The summed E-state index contributed by atoms with van der Waals surface area (Å²) in [6, 6.07) is 8.48. The lowest BCUT2D eigenvalue weighted by molar-refractivity contribution is -0.130. The fourth-order valence-corrected chi connectivity index (χ4v) is 4.20. The van der Waals surface area contributed by atoms with Gasteiger partial charge >= 0.3 is 0 Å². The average Bonchev–Trinajstić information content (AvgIpc) is 3.17. The van der Waals surface area contributed by atoms with E-state index in [2.05, 4.69) is 21.7 Å². The van der Waals surface area contributed by atoms with E-state index in [1.54, 1.807) is 6.92 Å². The maximum absolute atomic E-state index is 11.5. The van der Waals surface area contributed by atoms with Gasteiger partial charge in [0.25, 0.3) is 0 Å². The van der Waals surface area contributed by atoms with Gasteiger partial charge in [-0.2, -0.15) is 0 Å². The van der Waals surface area contributed by atoms with Gasteiger partial charge < -0.3 is 9.32 Å². The van der Waals surface area contributed by atoms with Crippen LogP contribution in [0.3, 0.4) is 0 Å². The molecule has 0 aliphatic carbocycles. The number of rotatable bonds is 3. The van der Waals surface area contributed by atoms with Crippen molar-refractivity contribution in [3.8, 4) is 0 Å². The van der Waals surface area contributed by atoms with E-state index in [1.807, 2.05) is 29.2 Å². The molecule has 0 unspecified atom stereocenters. The van der Waals surface area contributed by atoms with Crippen LogP contribution >= 0.6 is 0 Å². The lowest BCUT2D eigenvalue weighted by Gasteiger charge is -2.39. The summed E-state index contributed by atoms with van der Waals surface area (Å²) in [5.41, 5.74) is 1.79. The molecule has 2 aliphatic heterocycles. The van der Waals surface area contributed by atoms with Crippen LogP contribution in [0.2, 0.25) is 0 Å². The van der Waals surface area contributed by atoms with Crippen LogP contribution in [0.25, 0.3) is 11.1 Å². The number of aromatic nitrogens is 1. The van der Waals surface area contributed by atoms with Crippen LogP contribution in [-0.2, 0) is 11.3 Å². The smallest absolute Gasteiger partial charge is 0.219 e. The summed E-state index contributed by atoms with van der Waals surface area (Å²) in [7, 11) is 0. The van der Waals surface area contributed by atoms with Gasteiger partial charge in [0.05, 0.1) is 6.54 Å². The molecule has 2 fully saturated rings. The highest BCUT2D eigenvalue weighted by molar-refractivity contribution is 5.73. The number of benzene rings is 1. The SMILES string of the molecule is CC(=O)N1CCN([C@@H]2CN(Cc3nc4ccccc4o3)C[C@@H]2C)CC1. The average molecular weight is 342 g/mol. The number of amides is 1. The first-order valence-corrected chi connectivity index (χ1v) is 9.16. The van der Waals surface area contributed by atoms with Crippen LogP contribution < -0.4 is 0 Å². The number of hydrogen-bond donors (Lipinski definition) is 0. The fourth-order valence-electron chi connectivity index (χ4n) is 4.20. The Kier molecular flexibility index (Phi) is 4.48. The van der Waals surface area contributed by atoms with Crippen LogP contribution in [0.5, 0.6) is 0 Å². The predicted molar refractivity (Wildman–Crippen MR) is 96.1 cm³/mol. The van der Waals surface area contributed by atoms with Crippen molar-refractivity contribution >= 4 is 17.0 Å². The molecule has 2 saturated heterocycles.